The number of fused-ring (bicyclic) bond motifs is 1. The Kier molecular flexibility index (Phi) is 2.78. The average molecular weight is 259 g/mol. The maximum absolute atomic E-state index is 12.7. The molecule has 3 heterocycles. The third-order valence-corrected chi connectivity index (χ3v) is 3.57. The van der Waals surface area contributed by atoms with Crippen LogP contribution < -0.4 is 0 Å². The molecule has 0 spiro atoms. The van der Waals surface area contributed by atoms with Gasteiger partial charge in [0.25, 0.3) is 5.91 Å². The number of rotatable bonds is 1. The summed E-state index contributed by atoms with van der Waals surface area (Å²) in [6, 6.07) is 3.76. The number of morpholine rings is 1. The number of nitrogens with zero attached hydrogens (tertiary/aromatic N) is 2. The van der Waals surface area contributed by atoms with E-state index in [1.165, 1.54) is 0 Å². The summed E-state index contributed by atoms with van der Waals surface area (Å²) in [5.41, 5.74) is 1.15. The zero-order valence-electron chi connectivity index (χ0n) is 11.1. The Morgan fingerprint density at radius 3 is 3.16 bits per heavy atom. The first kappa shape index (κ1) is 12.2. The zero-order valence-corrected chi connectivity index (χ0v) is 11.1. The van der Waals surface area contributed by atoms with Crippen molar-refractivity contribution in [1.82, 2.24) is 14.9 Å². The normalized spacial score (nSPS) is 18.7. The molecule has 0 bridgehead atoms. The Balaban J connectivity index is 1.99. The van der Waals surface area contributed by atoms with E-state index in [2.05, 4.69) is 9.97 Å². The fraction of sp³-hybridized carbons (Fsp3) is 0.429. The Labute approximate surface area is 111 Å². The fourth-order valence-electron chi connectivity index (χ4n) is 2.51. The lowest BCUT2D eigenvalue weighted by atomic mass is 10.0. The molecule has 1 aliphatic rings. The molecule has 0 radical (unpaired) electrons. The minimum absolute atomic E-state index is 0.0348. The highest BCUT2D eigenvalue weighted by Crippen LogP contribution is 2.24. The number of H-pyrrole nitrogens is 1. The van der Waals surface area contributed by atoms with Crippen molar-refractivity contribution >= 4 is 16.9 Å². The number of carbonyl (C=O) groups excluding carboxylic acids is 1. The predicted molar refractivity (Wildman–Crippen MR) is 72.0 cm³/mol. The summed E-state index contributed by atoms with van der Waals surface area (Å²) in [7, 11) is 0. The molecule has 2 aromatic rings. The van der Waals surface area contributed by atoms with Crippen LogP contribution >= 0.6 is 0 Å². The Morgan fingerprint density at radius 2 is 2.37 bits per heavy atom. The van der Waals surface area contributed by atoms with Crippen molar-refractivity contribution < 1.29 is 9.53 Å². The maximum atomic E-state index is 12.7. The second-order valence-electron chi connectivity index (χ2n) is 5.42. The Bertz CT molecular complexity index is 618. The first-order chi connectivity index (χ1) is 9.09. The van der Waals surface area contributed by atoms with E-state index in [0.29, 0.717) is 25.3 Å². The monoisotopic (exact) mass is 259 g/mol. The quantitative estimate of drug-likeness (QED) is 0.849. The van der Waals surface area contributed by atoms with Crippen molar-refractivity contribution in [3.05, 3.63) is 30.1 Å². The van der Waals surface area contributed by atoms with Crippen LogP contribution in [0.3, 0.4) is 0 Å². The van der Waals surface area contributed by atoms with Crippen molar-refractivity contribution in [2.45, 2.75) is 19.4 Å². The van der Waals surface area contributed by atoms with Crippen molar-refractivity contribution in [1.29, 1.82) is 0 Å². The number of carbonyl (C=O) groups is 1. The topological polar surface area (TPSA) is 58.2 Å². The maximum Gasteiger partial charge on any atom is 0.256 e. The number of amides is 1. The average Bonchev–Trinajstić information content (AvgIpc) is 2.81. The van der Waals surface area contributed by atoms with Crippen LogP contribution in [0.15, 0.2) is 24.5 Å². The van der Waals surface area contributed by atoms with Gasteiger partial charge in [-0.2, -0.15) is 0 Å². The van der Waals surface area contributed by atoms with Gasteiger partial charge in [-0.3, -0.25) is 4.79 Å². The van der Waals surface area contributed by atoms with E-state index in [0.717, 1.165) is 11.0 Å². The van der Waals surface area contributed by atoms with Crippen LogP contribution in [0.5, 0.6) is 0 Å². The third-order valence-electron chi connectivity index (χ3n) is 3.57. The summed E-state index contributed by atoms with van der Waals surface area (Å²) in [6.07, 6.45) is 3.46. The van der Waals surface area contributed by atoms with E-state index in [9.17, 15) is 4.79 Å². The zero-order chi connectivity index (χ0) is 13.5. The van der Waals surface area contributed by atoms with Gasteiger partial charge in [-0.05, 0) is 26.0 Å². The second kappa shape index (κ2) is 4.35. The lowest BCUT2D eigenvalue weighted by Gasteiger charge is -2.42. The number of nitrogens with one attached hydrogen (secondary N) is 1. The molecule has 1 saturated heterocycles. The lowest BCUT2D eigenvalue weighted by Crippen LogP contribution is -2.55. The highest BCUT2D eigenvalue weighted by molar-refractivity contribution is 6.06. The highest BCUT2D eigenvalue weighted by Gasteiger charge is 2.35. The van der Waals surface area contributed by atoms with Gasteiger partial charge in [-0.25, -0.2) is 4.98 Å². The summed E-state index contributed by atoms with van der Waals surface area (Å²) in [4.78, 5) is 21.9. The van der Waals surface area contributed by atoms with Crippen LogP contribution in [-0.2, 0) is 4.74 Å². The van der Waals surface area contributed by atoms with Crippen molar-refractivity contribution in [2.75, 3.05) is 19.8 Å². The van der Waals surface area contributed by atoms with Gasteiger partial charge in [-0.1, -0.05) is 0 Å². The number of hydrogen-bond donors (Lipinski definition) is 1. The second-order valence-corrected chi connectivity index (χ2v) is 5.42. The van der Waals surface area contributed by atoms with Gasteiger partial charge >= 0.3 is 0 Å². The van der Waals surface area contributed by atoms with E-state index in [4.69, 9.17) is 4.74 Å². The molecule has 1 aliphatic heterocycles. The molecule has 2 aromatic heterocycles. The van der Waals surface area contributed by atoms with Gasteiger partial charge in [0, 0.05) is 24.3 Å². The van der Waals surface area contributed by atoms with Gasteiger partial charge in [0.1, 0.15) is 5.65 Å². The predicted octanol–water partition coefficient (Wildman–Crippen LogP) is 1.81. The number of aromatic nitrogens is 2. The van der Waals surface area contributed by atoms with E-state index < -0.39 is 0 Å². The lowest BCUT2D eigenvalue weighted by molar-refractivity contribution is -0.0369. The first-order valence-electron chi connectivity index (χ1n) is 6.41. The van der Waals surface area contributed by atoms with Gasteiger partial charge < -0.3 is 14.6 Å². The van der Waals surface area contributed by atoms with Gasteiger partial charge in [0.2, 0.25) is 0 Å². The minimum atomic E-state index is -0.277. The first-order valence-corrected chi connectivity index (χ1v) is 6.41. The smallest absolute Gasteiger partial charge is 0.256 e. The largest absolute Gasteiger partial charge is 0.377 e. The summed E-state index contributed by atoms with van der Waals surface area (Å²) in [6.45, 7) is 5.84. The standard InChI is InChI=1S/C14H17N3O2/c1-14(2)9-19-7-6-17(14)13(18)11-8-16-12-10(11)4-3-5-15-12/h3-5,8H,6-7,9H2,1-2H3,(H,15,16). The molecule has 0 aromatic carbocycles. The molecule has 0 atom stereocenters. The molecule has 1 amide bonds. The van der Waals surface area contributed by atoms with Crippen molar-refractivity contribution in [3.63, 3.8) is 0 Å². The van der Waals surface area contributed by atoms with E-state index in [-0.39, 0.29) is 11.4 Å². The molecule has 5 nitrogen and oxygen atoms in total. The fourth-order valence-corrected chi connectivity index (χ4v) is 2.51. The van der Waals surface area contributed by atoms with Crippen molar-refractivity contribution in [2.24, 2.45) is 0 Å². The van der Waals surface area contributed by atoms with E-state index in [1.54, 1.807) is 12.4 Å². The molecule has 19 heavy (non-hydrogen) atoms. The molecule has 0 saturated carbocycles. The van der Waals surface area contributed by atoms with Crippen LogP contribution in [0.4, 0.5) is 0 Å². The van der Waals surface area contributed by atoms with Crippen LogP contribution in [0.25, 0.3) is 11.0 Å². The Morgan fingerprint density at radius 1 is 1.53 bits per heavy atom. The highest BCUT2D eigenvalue weighted by atomic mass is 16.5. The molecule has 1 N–H and O–H groups in total. The van der Waals surface area contributed by atoms with Crippen LogP contribution in [0, 0.1) is 0 Å². The Hall–Kier alpha value is -1.88. The summed E-state index contributed by atoms with van der Waals surface area (Å²) < 4.78 is 5.46. The molecule has 3 rings (SSSR count). The van der Waals surface area contributed by atoms with Crippen LogP contribution in [-0.4, -0.2) is 46.1 Å². The van der Waals surface area contributed by atoms with E-state index in [1.807, 2.05) is 30.9 Å². The van der Waals surface area contributed by atoms with Gasteiger partial charge in [-0.15, -0.1) is 0 Å². The number of ether oxygens (including phenoxy) is 1. The summed E-state index contributed by atoms with van der Waals surface area (Å²) in [5.74, 6) is 0.0348. The number of pyridine rings is 1. The third kappa shape index (κ3) is 2.00. The number of hydrogen-bond acceptors (Lipinski definition) is 3. The van der Waals surface area contributed by atoms with Crippen LogP contribution in [0.2, 0.25) is 0 Å². The molecule has 5 heteroatoms. The molecule has 0 unspecified atom stereocenters. The number of aromatic amines is 1. The minimum Gasteiger partial charge on any atom is -0.377 e. The van der Waals surface area contributed by atoms with Crippen molar-refractivity contribution in [3.8, 4) is 0 Å². The molecule has 0 aliphatic carbocycles. The molecular formula is C14H17N3O2. The molecular weight excluding hydrogens is 242 g/mol. The summed E-state index contributed by atoms with van der Waals surface area (Å²) >= 11 is 0. The summed E-state index contributed by atoms with van der Waals surface area (Å²) in [5, 5.41) is 0.870. The van der Waals surface area contributed by atoms with E-state index >= 15 is 0 Å². The van der Waals surface area contributed by atoms with Gasteiger partial charge in [0.15, 0.2) is 0 Å². The SMILES string of the molecule is CC1(C)COCCN1C(=O)c1c[nH]c2ncccc12. The van der Waals surface area contributed by atoms with Gasteiger partial charge in [0.05, 0.1) is 24.3 Å². The molecule has 1 fully saturated rings. The van der Waals surface area contributed by atoms with Crippen LogP contribution in [0.1, 0.15) is 24.2 Å². The molecule has 100 valence electrons.